The molecule has 1 aliphatic heterocycles. The summed E-state index contributed by atoms with van der Waals surface area (Å²) in [6, 6.07) is 4.93. The van der Waals surface area contributed by atoms with Crippen LogP contribution in [-0.4, -0.2) is 25.5 Å². The zero-order valence-corrected chi connectivity index (χ0v) is 12.1. The van der Waals surface area contributed by atoms with E-state index < -0.39 is 6.04 Å². The number of unbranched alkanes of at least 4 members (excludes halogenated alkanes) is 1. The number of nitrogens with zero attached hydrogens (tertiary/aromatic N) is 1. The maximum absolute atomic E-state index is 12.5. The summed E-state index contributed by atoms with van der Waals surface area (Å²) >= 11 is 0. The second kappa shape index (κ2) is 5.94. The van der Waals surface area contributed by atoms with Crippen molar-refractivity contribution in [2.75, 3.05) is 18.6 Å². The lowest BCUT2D eigenvalue weighted by atomic mass is 10.1. The number of hydrogen-bond donors (Lipinski definition) is 1. The molecular weight excluding hydrogens is 256 g/mol. The predicted octanol–water partition coefficient (Wildman–Crippen LogP) is 2.02. The van der Waals surface area contributed by atoms with Crippen LogP contribution in [0.1, 0.15) is 38.3 Å². The summed E-state index contributed by atoms with van der Waals surface area (Å²) in [6.07, 6.45) is 1.95. The molecule has 2 rings (SSSR count). The quantitative estimate of drug-likeness (QED) is 0.895. The van der Waals surface area contributed by atoms with Crippen molar-refractivity contribution in [1.82, 2.24) is 5.32 Å². The molecule has 2 amide bonds. The van der Waals surface area contributed by atoms with Crippen LogP contribution in [0.3, 0.4) is 0 Å². The first-order chi connectivity index (χ1) is 9.58. The Kier molecular flexibility index (Phi) is 4.27. The average molecular weight is 276 g/mol. The molecule has 0 aromatic heterocycles. The van der Waals surface area contributed by atoms with Crippen molar-refractivity contribution >= 4 is 17.5 Å². The highest BCUT2D eigenvalue weighted by atomic mass is 16.5. The Morgan fingerprint density at radius 3 is 2.80 bits per heavy atom. The van der Waals surface area contributed by atoms with Crippen molar-refractivity contribution < 1.29 is 14.3 Å². The van der Waals surface area contributed by atoms with Gasteiger partial charge >= 0.3 is 0 Å². The van der Waals surface area contributed by atoms with E-state index in [1.165, 1.54) is 6.92 Å². The number of benzene rings is 1. The van der Waals surface area contributed by atoms with Crippen molar-refractivity contribution in [3.05, 3.63) is 23.8 Å². The van der Waals surface area contributed by atoms with E-state index in [0.717, 1.165) is 24.1 Å². The summed E-state index contributed by atoms with van der Waals surface area (Å²) in [5, 5.41) is 2.72. The fourth-order valence-corrected chi connectivity index (χ4v) is 2.43. The van der Waals surface area contributed by atoms with Gasteiger partial charge in [0.2, 0.25) is 5.91 Å². The van der Waals surface area contributed by atoms with Crippen molar-refractivity contribution in [3.63, 3.8) is 0 Å². The van der Waals surface area contributed by atoms with E-state index in [2.05, 4.69) is 12.2 Å². The Hall–Kier alpha value is -2.04. The zero-order valence-electron chi connectivity index (χ0n) is 12.1. The number of nitrogens with one attached hydrogen (secondary N) is 1. The number of amides is 2. The number of fused-ring (bicyclic) bond motifs is 1. The molecule has 0 radical (unpaired) electrons. The lowest BCUT2D eigenvalue weighted by Gasteiger charge is -2.17. The molecule has 5 nitrogen and oxygen atoms in total. The largest absolute Gasteiger partial charge is 0.497 e. The Labute approximate surface area is 118 Å². The van der Waals surface area contributed by atoms with Gasteiger partial charge in [0.05, 0.1) is 7.11 Å². The number of hydrogen-bond acceptors (Lipinski definition) is 3. The van der Waals surface area contributed by atoms with E-state index in [9.17, 15) is 9.59 Å². The predicted molar refractivity (Wildman–Crippen MR) is 76.8 cm³/mol. The maximum atomic E-state index is 12.5. The molecule has 1 aromatic rings. The van der Waals surface area contributed by atoms with Crippen molar-refractivity contribution in [2.24, 2.45) is 0 Å². The Morgan fingerprint density at radius 1 is 1.45 bits per heavy atom. The molecule has 1 N–H and O–H groups in total. The smallest absolute Gasteiger partial charge is 0.254 e. The molecule has 20 heavy (non-hydrogen) atoms. The SMILES string of the molecule is CCCCN1C(=O)[C@@H](NC(C)=O)c2cc(OC)ccc21. The first-order valence-electron chi connectivity index (χ1n) is 6.85. The van der Waals surface area contributed by atoms with Gasteiger partial charge in [0.25, 0.3) is 5.91 Å². The first-order valence-corrected chi connectivity index (χ1v) is 6.85. The van der Waals surface area contributed by atoms with E-state index in [0.29, 0.717) is 12.3 Å². The fraction of sp³-hybridized carbons (Fsp3) is 0.467. The number of carbonyl (C=O) groups is 2. The van der Waals surface area contributed by atoms with Gasteiger partial charge in [-0.3, -0.25) is 9.59 Å². The third-order valence-electron chi connectivity index (χ3n) is 3.43. The minimum atomic E-state index is -0.602. The first kappa shape index (κ1) is 14.4. The summed E-state index contributed by atoms with van der Waals surface area (Å²) in [6.45, 7) is 4.17. The monoisotopic (exact) mass is 276 g/mol. The van der Waals surface area contributed by atoms with Crippen LogP contribution < -0.4 is 15.0 Å². The molecule has 0 fully saturated rings. The minimum Gasteiger partial charge on any atom is -0.497 e. The third kappa shape index (κ3) is 2.61. The highest BCUT2D eigenvalue weighted by Gasteiger charge is 2.37. The van der Waals surface area contributed by atoms with Crippen molar-refractivity contribution in [3.8, 4) is 5.75 Å². The molecule has 0 aliphatic carbocycles. The average Bonchev–Trinajstić information content (AvgIpc) is 2.68. The van der Waals surface area contributed by atoms with Gasteiger partial charge in [-0.25, -0.2) is 0 Å². The van der Waals surface area contributed by atoms with Crippen LogP contribution in [0.5, 0.6) is 5.75 Å². The topological polar surface area (TPSA) is 58.6 Å². The molecule has 0 spiro atoms. The van der Waals surface area contributed by atoms with Crippen LogP contribution in [0, 0.1) is 0 Å². The molecule has 1 heterocycles. The normalized spacial score (nSPS) is 17.1. The third-order valence-corrected chi connectivity index (χ3v) is 3.43. The van der Waals surface area contributed by atoms with Crippen molar-refractivity contribution in [2.45, 2.75) is 32.7 Å². The molecule has 108 valence electrons. The van der Waals surface area contributed by atoms with Gasteiger partial charge in [0.1, 0.15) is 11.8 Å². The van der Waals surface area contributed by atoms with Crippen LogP contribution in [-0.2, 0) is 9.59 Å². The summed E-state index contributed by atoms with van der Waals surface area (Å²) in [5.74, 6) is 0.399. The van der Waals surface area contributed by atoms with Gasteiger partial charge in [0, 0.05) is 24.7 Å². The highest BCUT2D eigenvalue weighted by molar-refractivity contribution is 6.06. The van der Waals surface area contributed by atoms with Crippen LogP contribution >= 0.6 is 0 Å². The lowest BCUT2D eigenvalue weighted by Crippen LogP contribution is -2.37. The molecule has 0 unspecified atom stereocenters. The van der Waals surface area contributed by atoms with Crippen LogP contribution in [0.2, 0.25) is 0 Å². The van der Waals surface area contributed by atoms with Gasteiger partial charge in [-0.1, -0.05) is 13.3 Å². The Bertz CT molecular complexity index is 528. The molecule has 0 saturated carbocycles. The minimum absolute atomic E-state index is 0.0723. The maximum Gasteiger partial charge on any atom is 0.254 e. The van der Waals surface area contributed by atoms with E-state index >= 15 is 0 Å². The van der Waals surface area contributed by atoms with Crippen LogP contribution in [0.15, 0.2) is 18.2 Å². The number of ether oxygens (including phenoxy) is 1. The van der Waals surface area contributed by atoms with Gasteiger partial charge < -0.3 is 15.0 Å². The molecule has 1 aromatic carbocycles. The number of carbonyl (C=O) groups excluding carboxylic acids is 2. The van der Waals surface area contributed by atoms with E-state index in [1.807, 2.05) is 18.2 Å². The van der Waals surface area contributed by atoms with Gasteiger partial charge in [-0.2, -0.15) is 0 Å². The summed E-state index contributed by atoms with van der Waals surface area (Å²) in [4.78, 5) is 25.5. The van der Waals surface area contributed by atoms with Gasteiger partial charge in [0.15, 0.2) is 0 Å². The zero-order chi connectivity index (χ0) is 14.7. The second-order valence-corrected chi connectivity index (χ2v) is 4.90. The van der Waals surface area contributed by atoms with Gasteiger partial charge in [-0.15, -0.1) is 0 Å². The van der Waals surface area contributed by atoms with Crippen LogP contribution in [0.25, 0.3) is 0 Å². The molecule has 0 saturated heterocycles. The van der Waals surface area contributed by atoms with Crippen LogP contribution in [0.4, 0.5) is 5.69 Å². The molecule has 5 heteroatoms. The molecule has 0 bridgehead atoms. The molecule has 1 aliphatic rings. The number of methoxy groups -OCH3 is 1. The lowest BCUT2D eigenvalue weighted by molar-refractivity contribution is -0.126. The summed E-state index contributed by atoms with van der Waals surface area (Å²) in [7, 11) is 1.58. The van der Waals surface area contributed by atoms with Gasteiger partial charge in [-0.05, 0) is 24.6 Å². The highest BCUT2D eigenvalue weighted by Crippen LogP contribution is 2.38. The Balaban J connectivity index is 2.38. The summed E-state index contributed by atoms with van der Waals surface area (Å²) < 4.78 is 5.20. The van der Waals surface area contributed by atoms with Crippen molar-refractivity contribution in [1.29, 1.82) is 0 Å². The number of anilines is 1. The molecular formula is C15H20N2O3. The Morgan fingerprint density at radius 2 is 2.20 bits per heavy atom. The van der Waals surface area contributed by atoms with E-state index in [4.69, 9.17) is 4.74 Å². The molecule has 1 atom stereocenters. The van der Waals surface area contributed by atoms with E-state index in [1.54, 1.807) is 12.0 Å². The summed E-state index contributed by atoms with van der Waals surface area (Å²) in [5.41, 5.74) is 1.67. The number of rotatable bonds is 5. The second-order valence-electron chi connectivity index (χ2n) is 4.90. The van der Waals surface area contributed by atoms with E-state index in [-0.39, 0.29) is 11.8 Å². The standard InChI is InChI=1S/C15H20N2O3/c1-4-5-8-17-13-7-6-11(20-3)9-12(13)14(15(17)19)16-10(2)18/h6-7,9,14H,4-5,8H2,1-3H3,(H,16,18)/t14-/m0/s1. The fourth-order valence-electron chi connectivity index (χ4n) is 2.43.